The molecule has 1 aliphatic heterocycles. The summed E-state index contributed by atoms with van der Waals surface area (Å²) in [4.78, 5) is 25.5. The van der Waals surface area contributed by atoms with E-state index in [0.29, 0.717) is 24.4 Å². The SMILES string of the molecule is COc1ccc(C)cc1NC(=O)CCN1CCC(C(N)=O)CC1. The number of benzene rings is 1. The highest BCUT2D eigenvalue weighted by atomic mass is 16.5. The molecule has 1 aliphatic rings. The van der Waals surface area contributed by atoms with Gasteiger partial charge in [0.05, 0.1) is 12.8 Å². The molecule has 126 valence electrons. The Morgan fingerprint density at radius 1 is 1.35 bits per heavy atom. The number of rotatable bonds is 6. The molecule has 1 heterocycles. The van der Waals surface area contributed by atoms with Gasteiger partial charge in [-0.2, -0.15) is 0 Å². The highest BCUT2D eigenvalue weighted by Crippen LogP contribution is 2.25. The maximum atomic E-state index is 12.1. The minimum absolute atomic E-state index is 0.0170. The molecule has 2 rings (SSSR count). The van der Waals surface area contributed by atoms with Crippen molar-refractivity contribution >= 4 is 17.5 Å². The number of piperidine rings is 1. The monoisotopic (exact) mass is 319 g/mol. The Balaban J connectivity index is 1.80. The second-order valence-corrected chi connectivity index (χ2v) is 6.02. The van der Waals surface area contributed by atoms with Gasteiger partial charge in [0.1, 0.15) is 5.75 Å². The number of carbonyl (C=O) groups is 2. The van der Waals surface area contributed by atoms with Crippen molar-refractivity contribution in [1.29, 1.82) is 0 Å². The molecular weight excluding hydrogens is 294 g/mol. The normalized spacial score (nSPS) is 16.1. The van der Waals surface area contributed by atoms with E-state index in [4.69, 9.17) is 10.5 Å². The third-order valence-corrected chi connectivity index (χ3v) is 4.27. The van der Waals surface area contributed by atoms with Crippen LogP contribution >= 0.6 is 0 Å². The fourth-order valence-corrected chi connectivity index (χ4v) is 2.83. The summed E-state index contributed by atoms with van der Waals surface area (Å²) < 4.78 is 5.26. The Bertz CT molecular complexity index is 566. The lowest BCUT2D eigenvalue weighted by molar-refractivity contribution is -0.123. The number of methoxy groups -OCH3 is 1. The van der Waals surface area contributed by atoms with Crippen molar-refractivity contribution in [2.75, 3.05) is 32.1 Å². The van der Waals surface area contributed by atoms with Gasteiger partial charge in [0.25, 0.3) is 0 Å². The zero-order valence-corrected chi connectivity index (χ0v) is 13.8. The van der Waals surface area contributed by atoms with Gasteiger partial charge in [0, 0.05) is 18.9 Å². The van der Waals surface area contributed by atoms with Crippen LogP contribution in [0.5, 0.6) is 5.75 Å². The molecule has 3 N–H and O–H groups in total. The van der Waals surface area contributed by atoms with Gasteiger partial charge in [-0.25, -0.2) is 0 Å². The highest BCUT2D eigenvalue weighted by Gasteiger charge is 2.23. The van der Waals surface area contributed by atoms with Crippen molar-refractivity contribution < 1.29 is 14.3 Å². The molecule has 0 unspecified atom stereocenters. The van der Waals surface area contributed by atoms with Crippen molar-refractivity contribution in [1.82, 2.24) is 4.90 Å². The van der Waals surface area contributed by atoms with Crippen LogP contribution in [0, 0.1) is 12.8 Å². The number of amides is 2. The Kier molecular flexibility index (Phi) is 5.98. The molecular formula is C17H25N3O3. The fourth-order valence-electron chi connectivity index (χ4n) is 2.83. The van der Waals surface area contributed by atoms with Gasteiger partial charge in [-0.1, -0.05) is 6.07 Å². The van der Waals surface area contributed by atoms with Crippen molar-refractivity contribution in [2.24, 2.45) is 11.7 Å². The average Bonchev–Trinajstić information content (AvgIpc) is 2.53. The predicted molar refractivity (Wildman–Crippen MR) is 89.3 cm³/mol. The summed E-state index contributed by atoms with van der Waals surface area (Å²) in [5.41, 5.74) is 7.09. The van der Waals surface area contributed by atoms with Gasteiger partial charge < -0.3 is 20.7 Å². The zero-order chi connectivity index (χ0) is 16.8. The van der Waals surface area contributed by atoms with Crippen LogP contribution in [0.3, 0.4) is 0 Å². The third-order valence-electron chi connectivity index (χ3n) is 4.27. The molecule has 6 heteroatoms. The van der Waals surface area contributed by atoms with Crippen LogP contribution in [0.2, 0.25) is 0 Å². The topological polar surface area (TPSA) is 84.7 Å². The van der Waals surface area contributed by atoms with Gasteiger partial charge >= 0.3 is 0 Å². The van der Waals surface area contributed by atoms with Gasteiger partial charge in [-0.3, -0.25) is 9.59 Å². The summed E-state index contributed by atoms with van der Waals surface area (Å²) in [7, 11) is 1.59. The molecule has 2 amide bonds. The van der Waals surface area contributed by atoms with Gasteiger partial charge in [0.15, 0.2) is 0 Å². The second kappa shape index (κ2) is 7.97. The number of nitrogens with zero attached hydrogens (tertiary/aromatic N) is 1. The first-order valence-electron chi connectivity index (χ1n) is 7.95. The zero-order valence-electron chi connectivity index (χ0n) is 13.8. The summed E-state index contributed by atoms with van der Waals surface area (Å²) in [6.07, 6.45) is 1.98. The van der Waals surface area contributed by atoms with E-state index in [9.17, 15) is 9.59 Å². The molecule has 0 radical (unpaired) electrons. The molecule has 0 atom stereocenters. The summed E-state index contributed by atoms with van der Waals surface area (Å²) >= 11 is 0. The van der Waals surface area contributed by atoms with Gasteiger partial charge in [0.2, 0.25) is 11.8 Å². The van der Waals surface area contributed by atoms with Crippen molar-refractivity contribution in [2.45, 2.75) is 26.2 Å². The maximum Gasteiger partial charge on any atom is 0.225 e. The summed E-state index contributed by atoms with van der Waals surface area (Å²) in [6, 6.07) is 5.69. The Labute approximate surface area is 137 Å². The predicted octanol–water partition coefficient (Wildman–Crippen LogP) is 1.53. The summed E-state index contributed by atoms with van der Waals surface area (Å²) in [6.45, 7) is 4.28. The number of nitrogens with two attached hydrogens (primary N) is 1. The van der Waals surface area contributed by atoms with E-state index in [1.165, 1.54) is 0 Å². The highest BCUT2D eigenvalue weighted by molar-refractivity contribution is 5.92. The van der Waals surface area contributed by atoms with Gasteiger partial charge in [-0.05, 0) is 50.6 Å². The molecule has 0 bridgehead atoms. The van der Waals surface area contributed by atoms with Crippen molar-refractivity contribution in [3.05, 3.63) is 23.8 Å². The Hall–Kier alpha value is -2.08. The molecule has 0 saturated carbocycles. The summed E-state index contributed by atoms with van der Waals surface area (Å²) in [5.74, 6) is 0.391. The number of hydrogen-bond acceptors (Lipinski definition) is 4. The molecule has 1 saturated heterocycles. The Morgan fingerprint density at radius 2 is 2.04 bits per heavy atom. The van der Waals surface area contributed by atoms with E-state index in [1.807, 2.05) is 25.1 Å². The van der Waals surface area contributed by atoms with Crippen LogP contribution in [0.15, 0.2) is 18.2 Å². The molecule has 1 aromatic rings. The molecule has 1 fully saturated rings. The first kappa shape index (κ1) is 17.3. The largest absolute Gasteiger partial charge is 0.495 e. The van der Waals surface area contributed by atoms with E-state index in [2.05, 4.69) is 10.2 Å². The average molecular weight is 319 g/mol. The van der Waals surface area contributed by atoms with E-state index in [0.717, 1.165) is 31.5 Å². The van der Waals surface area contributed by atoms with Crippen LogP contribution in [-0.4, -0.2) is 43.5 Å². The van der Waals surface area contributed by atoms with Crippen molar-refractivity contribution in [3.8, 4) is 5.75 Å². The lowest BCUT2D eigenvalue weighted by atomic mass is 9.96. The molecule has 0 aromatic heterocycles. The number of aryl methyl sites for hydroxylation is 1. The number of ether oxygens (including phenoxy) is 1. The minimum atomic E-state index is -0.214. The van der Waals surface area contributed by atoms with E-state index < -0.39 is 0 Å². The number of nitrogens with one attached hydrogen (secondary N) is 1. The summed E-state index contributed by atoms with van der Waals surface area (Å²) in [5, 5.41) is 2.90. The van der Waals surface area contributed by atoms with E-state index in [1.54, 1.807) is 7.11 Å². The fraction of sp³-hybridized carbons (Fsp3) is 0.529. The first-order valence-corrected chi connectivity index (χ1v) is 7.95. The van der Waals surface area contributed by atoms with Gasteiger partial charge in [-0.15, -0.1) is 0 Å². The molecule has 6 nitrogen and oxygen atoms in total. The first-order chi connectivity index (χ1) is 11.0. The molecule has 0 aliphatic carbocycles. The molecule has 0 spiro atoms. The lowest BCUT2D eigenvalue weighted by Crippen LogP contribution is -2.39. The van der Waals surface area contributed by atoms with E-state index in [-0.39, 0.29) is 17.7 Å². The smallest absolute Gasteiger partial charge is 0.225 e. The maximum absolute atomic E-state index is 12.1. The number of hydrogen-bond donors (Lipinski definition) is 2. The third kappa shape index (κ3) is 4.96. The van der Waals surface area contributed by atoms with Crippen LogP contribution in [0.1, 0.15) is 24.8 Å². The van der Waals surface area contributed by atoms with Crippen LogP contribution in [0.25, 0.3) is 0 Å². The number of likely N-dealkylation sites (tertiary alicyclic amines) is 1. The van der Waals surface area contributed by atoms with E-state index >= 15 is 0 Å². The molecule has 1 aromatic carbocycles. The quantitative estimate of drug-likeness (QED) is 0.833. The number of carbonyl (C=O) groups excluding carboxylic acids is 2. The van der Waals surface area contributed by atoms with Crippen LogP contribution < -0.4 is 15.8 Å². The second-order valence-electron chi connectivity index (χ2n) is 6.02. The minimum Gasteiger partial charge on any atom is -0.495 e. The molecule has 23 heavy (non-hydrogen) atoms. The van der Waals surface area contributed by atoms with Crippen LogP contribution in [-0.2, 0) is 9.59 Å². The van der Waals surface area contributed by atoms with Crippen LogP contribution in [0.4, 0.5) is 5.69 Å². The Morgan fingerprint density at radius 3 is 2.65 bits per heavy atom. The number of anilines is 1. The lowest BCUT2D eigenvalue weighted by Gasteiger charge is -2.30. The van der Waals surface area contributed by atoms with Crippen molar-refractivity contribution in [3.63, 3.8) is 0 Å². The standard InChI is InChI=1S/C17H25N3O3/c1-12-3-4-15(23-2)14(11-12)19-16(21)7-10-20-8-5-13(6-9-20)17(18)22/h3-4,11,13H,5-10H2,1-2H3,(H2,18,22)(H,19,21). The number of primary amides is 1.